The molecule has 5 rings (SSSR count). The minimum Gasteiger partial charge on any atom is -0.493 e. The molecule has 1 aromatic carbocycles. The van der Waals surface area contributed by atoms with Crippen molar-refractivity contribution >= 4 is 34.4 Å². The molecule has 11 nitrogen and oxygen atoms in total. The van der Waals surface area contributed by atoms with Crippen LogP contribution in [0, 0.1) is 12.3 Å². The second-order valence-electron chi connectivity index (χ2n) is 9.33. The van der Waals surface area contributed by atoms with Crippen LogP contribution in [0.3, 0.4) is 0 Å². The van der Waals surface area contributed by atoms with E-state index in [1.54, 1.807) is 21.3 Å². The molecule has 11 heteroatoms. The molecule has 2 N–H and O–H groups in total. The van der Waals surface area contributed by atoms with E-state index < -0.39 is 0 Å². The molecule has 0 radical (unpaired) electrons. The Hall–Kier alpha value is -3.60. The van der Waals surface area contributed by atoms with E-state index in [1.807, 2.05) is 30.0 Å². The van der Waals surface area contributed by atoms with Gasteiger partial charge in [0.1, 0.15) is 12.4 Å². The van der Waals surface area contributed by atoms with Gasteiger partial charge in [-0.2, -0.15) is 10.1 Å². The molecule has 1 amide bonds. The van der Waals surface area contributed by atoms with Crippen LogP contribution in [-0.2, 0) is 9.53 Å². The van der Waals surface area contributed by atoms with E-state index >= 15 is 0 Å². The maximum atomic E-state index is 12.1. The van der Waals surface area contributed by atoms with E-state index in [0.29, 0.717) is 29.1 Å². The van der Waals surface area contributed by atoms with Crippen LogP contribution in [0.5, 0.6) is 11.5 Å². The number of nitrogens with zero attached hydrogens (tertiary/aromatic N) is 5. The van der Waals surface area contributed by atoms with Crippen LogP contribution in [0.15, 0.2) is 18.2 Å². The number of aromatic nitrogens is 4. The van der Waals surface area contributed by atoms with E-state index in [9.17, 15) is 4.79 Å². The summed E-state index contributed by atoms with van der Waals surface area (Å²) in [5, 5.41) is 11.4. The van der Waals surface area contributed by atoms with Gasteiger partial charge in [-0.3, -0.25) is 9.89 Å². The molecule has 0 bridgehead atoms. The van der Waals surface area contributed by atoms with Gasteiger partial charge in [0, 0.05) is 61.9 Å². The van der Waals surface area contributed by atoms with Crippen molar-refractivity contribution in [2.24, 2.45) is 5.41 Å². The number of carbonyl (C=O) groups is 1. The normalized spacial score (nSPS) is 16.9. The molecule has 2 saturated heterocycles. The van der Waals surface area contributed by atoms with E-state index in [4.69, 9.17) is 24.2 Å². The van der Waals surface area contributed by atoms with Crippen LogP contribution in [0.2, 0.25) is 0 Å². The fourth-order valence-electron chi connectivity index (χ4n) is 4.95. The Morgan fingerprint density at radius 2 is 1.80 bits per heavy atom. The number of methoxy groups -OCH3 is 3. The van der Waals surface area contributed by atoms with Crippen molar-refractivity contribution in [1.82, 2.24) is 25.1 Å². The highest BCUT2D eigenvalue weighted by Gasteiger charge is 2.46. The van der Waals surface area contributed by atoms with Gasteiger partial charge in [-0.25, -0.2) is 4.98 Å². The van der Waals surface area contributed by atoms with Gasteiger partial charge >= 0.3 is 0 Å². The molecule has 35 heavy (non-hydrogen) atoms. The summed E-state index contributed by atoms with van der Waals surface area (Å²) in [5.74, 6) is 3.26. The average Bonchev–Trinajstić information content (AvgIpc) is 3.26. The summed E-state index contributed by atoms with van der Waals surface area (Å²) in [5.41, 5.74) is 1.89. The Balaban J connectivity index is 1.40. The summed E-state index contributed by atoms with van der Waals surface area (Å²) in [6.45, 7) is 5.33. The second kappa shape index (κ2) is 9.21. The van der Waals surface area contributed by atoms with Crippen molar-refractivity contribution < 1.29 is 19.0 Å². The molecule has 0 saturated carbocycles. The molecule has 2 aliphatic rings. The standard InChI is InChI=1S/C24H31N7O4/c1-15-9-20(29-28-15)26-22-16-10-18(34-3)19(35-4)11-17(16)25-23(27-22)31-13-24(14-31)5-7-30(8-6-24)21(32)12-33-2/h9-11H,5-8,12-14H2,1-4H3,(H2,25,26,27,28,29). The molecule has 3 aromatic rings. The Kier molecular flexibility index (Phi) is 6.10. The quantitative estimate of drug-likeness (QED) is 0.525. The third-order valence-corrected chi connectivity index (χ3v) is 6.92. The van der Waals surface area contributed by atoms with Gasteiger partial charge in [0.15, 0.2) is 17.3 Å². The molecule has 0 atom stereocenters. The van der Waals surface area contributed by atoms with Crippen molar-refractivity contribution in [1.29, 1.82) is 0 Å². The Morgan fingerprint density at radius 3 is 2.43 bits per heavy atom. The number of amides is 1. The number of ether oxygens (including phenoxy) is 3. The van der Waals surface area contributed by atoms with Crippen LogP contribution >= 0.6 is 0 Å². The first-order valence-corrected chi connectivity index (χ1v) is 11.7. The Bertz CT molecular complexity index is 1230. The van der Waals surface area contributed by atoms with Crippen LogP contribution in [0.4, 0.5) is 17.6 Å². The number of likely N-dealkylation sites (tertiary alicyclic amines) is 1. The Morgan fingerprint density at radius 1 is 1.09 bits per heavy atom. The van der Waals surface area contributed by atoms with E-state index in [0.717, 1.165) is 55.6 Å². The van der Waals surface area contributed by atoms with Crippen molar-refractivity contribution in [3.05, 3.63) is 23.9 Å². The van der Waals surface area contributed by atoms with Crippen LogP contribution in [0.1, 0.15) is 18.5 Å². The largest absolute Gasteiger partial charge is 0.493 e. The van der Waals surface area contributed by atoms with Gasteiger partial charge < -0.3 is 29.3 Å². The molecule has 2 fully saturated rings. The summed E-state index contributed by atoms with van der Waals surface area (Å²) >= 11 is 0. The van der Waals surface area contributed by atoms with Crippen molar-refractivity contribution in [3.8, 4) is 11.5 Å². The Labute approximate surface area is 203 Å². The summed E-state index contributed by atoms with van der Waals surface area (Å²) in [6, 6.07) is 5.67. The topological polar surface area (TPSA) is 118 Å². The second-order valence-corrected chi connectivity index (χ2v) is 9.33. The first-order chi connectivity index (χ1) is 16.9. The summed E-state index contributed by atoms with van der Waals surface area (Å²) in [7, 11) is 4.77. The lowest BCUT2D eigenvalue weighted by molar-refractivity contribution is -0.137. The number of hydrogen-bond donors (Lipinski definition) is 2. The molecule has 2 aromatic heterocycles. The zero-order valence-electron chi connectivity index (χ0n) is 20.6. The zero-order chi connectivity index (χ0) is 24.6. The predicted molar refractivity (Wildman–Crippen MR) is 132 cm³/mol. The number of aromatic amines is 1. The first-order valence-electron chi connectivity index (χ1n) is 11.7. The fraction of sp³-hybridized carbons (Fsp3) is 0.500. The van der Waals surface area contributed by atoms with Crippen LogP contribution in [0.25, 0.3) is 10.9 Å². The highest BCUT2D eigenvalue weighted by molar-refractivity contribution is 5.94. The molecule has 1 spiro atoms. The van der Waals surface area contributed by atoms with Gasteiger partial charge in [0.25, 0.3) is 0 Å². The van der Waals surface area contributed by atoms with Crippen LogP contribution < -0.4 is 19.7 Å². The number of nitrogens with one attached hydrogen (secondary N) is 2. The van der Waals surface area contributed by atoms with E-state index in [1.165, 1.54) is 0 Å². The number of rotatable bonds is 7. The van der Waals surface area contributed by atoms with Crippen molar-refractivity contribution in [2.75, 3.05) is 64.3 Å². The lowest BCUT2D eigenvalue weighted by atomic mass is 9.72. The molecular formula is C24H31N7O4. The van der Waals surface area contributed by atoms with Crippen molar-refractivity contribution in [3.63, 3.8) is 0 Å². The molecular weight excluding hydrogens is 450 g/mol. The summed E-state index contributed by atoms with van der Waals surface area (Å²) in [4.78, 5) is 26.0. The molecule has 4 heterocycles. The maximum Gasteiger partial charge on any atom is 0.248 e. The monoisotopic (exact) mass is 481 g/mol. The smallest absolute Gasteiger partial charge is 0.248 e. The highest BCUT2D eigenvalue weighted by atomic mass is 16.5. The number of aryl methyl sites for hydroxylation is 1. The van der Waals surface area contributed by atoms with Gasteiger partial charge in [-0.1, -0.05) is 0 Å². The predicted octanol–water partition coefficient (Wildman–Crippen LogP) is 2.50. The zero-order valence-corrected chi connectivity index (χ0v) is 20.6. The van der Waals surface area contributed by atoms with Crippen LogP contribution in [-0.4, -0.2) is 85.1 Å². The summed E-state index contributed by atoms with van der Waals surface area (Å²) < 4.78 is 16.0. The summed E-state index contributed by atoms with van der Waals surface area (Å²) in [6.07, 6.45) is 1.93. The van der Waals surface area contributed by atoms with Gasteiger partial charge in [0.05, 0.1) is 19.7 Å². The van der Waals surface area contributed by atoms with Crippen molar-refractivity contribution in [2.45, 2.75) is 19.8 Å². The number of hydrogen-bond acceptors (Lipinski definition) is 9. The molecule has 2 aliphatic heterocycles. The molecule has 0 unspecified atom stereocenters. The van der Waals surface area contributed by atoms with Gasteiger partial charge in [0.2, 0.25) is 11.9 Å². The lowest BCUT2D eigenvalue weighted by Gasteiger charge is -2.54. The van der Waals surface area contributed by atoms with E-state index in [2.05, 4.69) is 20.4 Å². The highest BCUT2D eigenvalue weighted by Crippen LogP contribution is 2.43. The number of benzene rings is 1. The number of H-pyrrole nitrogens is 1. The third-order valence-electron chi connectivity index (χ3n) is 6.92. The third kappa shape index (κ3) is 4.43. The fourth-order valence-corrected chi connectivity index (χ4v) is 4.95. The maximum absolute atomic E-state index is 12.1. The SMILES string of the molecule is COCC(=O)N1CCC2(CC1)CN(c1nc(Nc3cc(C)[nH]n3)c3cc(OC)c(OC)cc3n1)C2. The number of carbonyl (C=O) groups excluding carboxylic acids is 1. The number of anilines is 3. The molecule has 0 aliphatic carbocycles. The minimum absolute atomic E-state index is 0.0603. The number of fused-ring (bicyclic) bond motifs is 1. The lowest BCUT2D eigenvalue weighted by Crippen LogP contribution is -2.61. The van der Waals surface area contributed by atoms with Gasteiger partial charge in [-0.05, 0) is 25.8 Å². The minimum atomic E-state index is 0.0603. The average molecular weight is 482 g/mol. The van der Waals surface area contributed by atoms with Gasteiger partial charge in [-0.15, -0.1) is 0 Å². The van der Waals surface area contributed by atoms with E-state index in [-0.39, 0.29) is 17.9 Å². The number of piperidine rings is 1. The molecule has 186 valence electrons. The first kappa shape index (κ1) is 23.2.